The Bertz CT molecular complexity index is 331. The average Bonchev–Trinajstić information content (AvgIpc) is 2.44. The third kappa shape index (κ3) is 1.31. The van der Waals surface area contributed by atoms with Crippen LogP contribution in [-0.2, 0) is 0 Å². The highest BCUT2D eigenvalue weighted by Gasteiger charge is 2.16. The fraction of sp³-hybridized carbons (Fsp3) is 0.286. The normalized spacial score (nSPS) is 18.3. The molecule has 1 aromatic heterocycles. The summed E-state index contributed by atoms with van der Waals surface area (Å²) in [6.07, 6.45) is 0. The molecule has 0 spiro atoms. The summed E-state index contributed by atoms with van der Waals surface area (Å²) in [4.78, 5) is 5.39. The zero-order valence-corrected chi connectivity index (χ0v) is 9.49. The highest BCUT2D eigenvalue weighted by atomic mass is 127. The fourth-order valence-electron chi connectivity index (χ4n) is 1.15. The standard InChI is InChI=1S/C7H8IN3S/c1-9-7-6-4(10-3-11-7)2-5(8)12-6/h2,10H,3H2,1H3,(H,9,11). The van der Waals surface area contributed by atoms with Gasteiger partial charge in [-0.1, -0.05) is 0 Å². The second kappa shape index (κ2) is 3.21. The Hall–Kier alpha value is -0.300. The molecule has 0 radical (unpaired) electrons. The van der Waals surface area contributed by atoms with Gasteiger partial charge in [-0.2, -0.15) is 0 Å². The van der Waals surface area contributed by atoms with E-state index in [2.05, 4.69) is 44.3 Å². The molecule has 5 heteroatoms. The van der Waals surface area contributed by atoms with Crippen LogP contribution in [-0.4, -0.2) is 19.6 Å². The lowest BCUT2D eigenvalue weighted by molar-refractivity contribution is 0.958. The smallest absolute Gasteiger partial charge is 0.141 e. The summed E-state index contributed by atoms with van der Waals surface area (Å²) in [6, 6.07) is 2.15. The summed E-state index contributed by atoms with van der Waals surface area (Å²) >= 11 is 4.08. The molecule has 0 saturated carbocycles. The van der Waals surface area contributed by atoms with Crippen LogP contribution < -0.4 is 10.6 Å². The van der Waals surface area contributed by atoms with Crippen molar-refractivity contribution < 1.29 is 0 Å². The molecule has 0 bridgehead atoms. The minimum absolute atomic E-state index is 0.770. The Balaban J connectivity index is 2.50. The van der Waals surface area contributed by atoms with E-state index < -0.39 is 0 Å². The number of fused-ring (bicyclic) bond motifs is 1. The van der Waals surface area contributed by atoms with Gasteiger partial charge >= 0.3 is 0 Å². The number of anilines is 1. The molecule has 12 heavy (non-hydrogen) atoms. The number of nitrogens with zero attached hydrogens (tertiary/aromatic N) is 1. The van der Waals surface area contributed by atoms with Crippen LogP contribution in [0.25, 0.3) is 0 Å². The summed E-state index contributed by atoms with van der Waals surface area (Å²) in [5.41, 5.74) is 1.20. The highest BCUT2D eigenvalue weighted by molar-refractivity contribution is 14.1. The van der Waals surface area contributed by atoms with Crippen molar-refractivity contribution >= 4 is 45.5 Å². The van der Waals surface area contributed by atoms with Crippen LogP contribution in [0.2, 0.25) is 0 Å². The molecule has 2 heterocycles. The second-order valence-electron chi connectivity index (χ2n) is 2.40. The summed E-state index contributed by atoms with van der Waals surface area (Å²) in [6.45, 7) is 0.770. The van der Waals surface area contributed by atoms with Crippen molar-refractivity contribution in [2.75, 3.05) is 19.0 Å². The number of thiophene rings is 1. The van der Waals surface area contributed by atoms with Gasteiger partial charge in [-0.05, 0) is 28.7 Å². The monoisotopic (exact) mass is 293 g/mol. The van der Waals surface area contributed by atoms with Gasteiger partial charge in [0, 0.05) is 7.05 Å². The van der Waals surface area contributed by atoms with Gasteiger partial charge in [0.1, 0.15) is 5.84 Å². The van der Waals surface area contributed by atoms with Gasteiger partial charge in [-0.15, -0.1) is 11.3 Å². The molecule has 2 rings (SSSR count). The molecule has 0 saturated heterocycles. The minimum atomic E-state index is 0.770. The predicted molar refractivity (Wildman–Crippen MR) is 61.1 cm³/mol. The van der Waals surface area contributed by atoms with E-state index in [1.165, 1.54) is 13.4 Å². The summed E-state index contributed by atoms with van der Waals surface area (Å²) in [5, 5.41) is 6.45. The van der Waals surface area contributed by atoms with Crippen LogP contribution in [0, 0.1) is 2.88 Å². The van der Waals surface area contributed by atoms with Gasteiger partial charge < -0.3 is 10.6 Å². The Labute approximate surface area is 88.4 Å². The molecule has 0 amide bonds. The lowest BCUT2D eigenvalue weighted by Gasteiger charge is -2.17. The Morgan fingerprint density at radius 1 is 1.58 bits per heavy atom. The molecule has 0 unspecified atom stereocenters. The van der Waals surface area contributed by atoms with E-state index in [1.807, 2.05) is 7.05 Å². The quantitative estimate of drug-likeness (QED) is 0.714. The van der Waals surface area contributed by atoms with Crippen molar-refractivity contribution in [2.45, 2.75) is 0 Å². The Kier molecular flexibility index (Phi) is 2.22. The van der Waals surface area contributed by atoms with E-state index in [4.69, 9.17) is 0 Å². The van der Waals surface area contributed by atoms with Crippen LogP contribution in [0.4, 0.5) is 5.69 Å². The third-order valence-electron chi connectivity index (χ3n) is 1.68. The first-order chi connectivity index (χ1) is 5.81. The van der Waals surface area contributed by atoms with Crippen molar-refractivity contribution in [1.29, 1.82) is 0 Å². The second-order valence-corrected chi connectivity index (χ2v) is 5.34. The first-order valence-electron chi connectivity index (χ1n) is 3.55. The maximum Gasteiger partial charge on any atom is 0.141 e. The lowest BCUT2D eigenvalue weighted by Crippen LogP contribution is -2.34. The molecule has 64 valence electrons. The highest BCUT2D eigenvalue weighted by Crippen LogP contribution is 2.29. The predicted octanol–water partition coefficient (Wildman–Crippen LogP) is 1.70. The molecule has 0 aromatic carbocycles. The first kappa shape index (κ1) is 8.31. The summed E-state index contributed by atoms with van der Waals surface area (Å²) in [5.74, 6) is 0.997. The van der Waals surface area contributed by atoms with Crippen molar-refractivity contribution in [3.05, 3.63) is 13.8 Å². The zero-order chi connectivity index (χ0) is 8.55. The third-order valence-corrected chi connectivity index (χ3v) is 3.58. The molecular formula is C7H8IN3S. The topological polar surface area (TPSA) is 36.4 Å². The summed E-state index contributed by atoms with van der Waals surface area (Å²) < 4.78 is 1.29. The van der Waals surface area contributed by atoms with Crippen LogP contribution in [0.1, 0.15) is 4.88 Å². The minimum Gasteiger partial charge on any atom is -0.367 e. The molecule has 0 atom stereocenters. The SMILES string of the molecule is CN=C1NCNc2cc(I)sc21. The van der Waals surface area contributed by atoms with Gasteiger partial charge in [-0.25, -0.2) is 0 Å². The molecule has 1 aliphatic rings. The number of aliphatic imine (C=N–C) groups is 1. The average molecular weight is 293 g/mol. The number of amidine groups is 1. The largest absolute Gasteiger partial charge is 0.367 e. The number of hydrogen-bond acceptors (Lipinski definition) is 3. The van der Waals surface area contributed by atoms with Crippen LogP contribution in [0.3, 0.4) is 0 Å². The maximum atomic E-state index is 4.17. The van der Waals surface area contributed by atoms with E-state index in [9.17, 15) is 0 Å². The molecular weight excluding hydrogens is 285 g/mol. The van der Waals surface area contributed by atoms with Gasteiger partial charge in [-0.3, -0.25) is 4.99 Å². The fourth-order valence-corrected chi connectivity index (χ4v) is 3.00. The summed E-state index contributed by atoms with van der Waals surface area (Å²) in [7, 11) is 1.81. The number of rotatable bonds is 0. The molecule has 1 aliphatic heterocycles. The van der Waals surface area contributed by atoms with Gasteiger partial charge in [0.2, 0.25) is 0 Å². The molecule has 1 aromatic rings. The van der Waals surface area contributed by atoms with E-state index >= 15 is 0 Å². The van der Waals surface area contributed by atoms with E-state index in [1.54, 1.807) is 11.3 Å². The van der Waals surface area contributed by atoms with Gasteiger partial charge in [0.25, 0.3) is 0 Å². The van der Waals surface area contributed by atoms with Gasteiger partial charge in [0.05, 0.1) is 20.1 Å². The van der Waals surface area contributed by atoms with Gasteiger partial charge in [0.15, 0.2) is 0 Å². The lowest BCUT2D eigenvalue weighted by atomic mass is 10.3. The van der Waals surface area contributed by atoms with E-state index in [0.717, 1.165) is 12.5 Å². The van der Waals surface area contributed by atoms with Crippen molar-refractivity contribution in [2.24, 2.45) is 4.99 Å². The Morgan fingerprint density at radius 2 is 2.42 bits per heavy atom. The van der Waals surface area contributed by atoms with Crippen LogP contribution in [0.15, 0.2) is 11.1 Å². The maximum absolute atomic E-state index is 4.17. The number of hydrogen-bond donors (Lipinski definition) is 2. The van der Waals surface area contributed by atoms with Crippen LogP contribution >= 0.6 is 33.9 Å². The molecule has 2 N–H and O–H groups in total. The van der Waals surface area contributed by atoms with Crippen molar-refractivity contribution in [1.82, 2.24) is 5.32 Å². The van der Waals surface area contributed by atoms with Crippen molar-refractivity contribution in [3.8, 4) is 0 Å². The zero-order valence-electron chi connectivity index (χ0n) is 6.52. The number of nitrogens with one attached hydrogen (secondary N) is 2. The molecule has 3 nitrogen and oxygen atoms in total. The molecule has 0 fully saturated rings. The molecule has 0 aliphatic carbocycles. The van der Waals surface area contributed by atoms with E-state index in [0.29, 0.717) is 0 Å². The Morgan fingerprint density at radius 3 is 3.17 bits per heavy atom. The van der Waals surface area contributed by atoms with Crippen molar-refractivity contribution in [3.63, 3.8) is 0 Å². The first-order valence-corrected chi connectivity index (χ1v) is 5.45. The number of halogens is 1. The van der Waals surface area contributed by atoms with Crippen LogP contribution in [0.5, 0.6) is 0 Å². The van der Waals surface area contributed by atoms with E-state index in [-0.39, 0.29) is 0 Å².